The van der Waals surface area contributed by atoms with E-state index in [4.69, 9.17) is 23.7 Å². The number of esters is 1. The van der Waals surface area contributed by atoms with Gasteiger partial charge in [0.25, 0.3) is 5.56 Å². The van der Waals surface area contributed by atoms with Crippen molar-refractivity contribution in [1.82, 2.24) is 15.3 Å². The summed E-state index contributed by atoms with van der Waals surface area (Å²) >= 11 is 0. The van der Waals surface area contributed by atoms with Crippen molar-refractivity contribution in [2.24, 2.45) is 0 Å². The van der Waals surface area contributed by atoms with Crippen molar-refractivity contribution in [2.45, 2.75) is 25.7 Å². The Labute approximate surface area is 240 Å². The molecule has 0 aliphatic carbocycles. The van der Waals surface area contributed by atoms with E-state index in [0.29, 0.717) is 24.3 Å². The first-order chi connectivity index (χ1) is 20.4. The smallest absolute Gasteiger partial charge is 0.343 e. The van der Waals surface area contributed by atoms with Crippen LogP contribution in [0.3, 0.4) is 0 Å². The molecule has 4 aromatic rings. The maximum Gasteiger partial charge on any atom is 0.343 e. The Hall–Kier alpha value is -5.13. The van der Waals surface area contributed by atoms with Crippen LogP contribution in [0.25, 0.3) is 10.9 Å². The third-order valence-corrected chi connectivity index (χ3v) is 7.12. The molecular formula is C30H31N3O9. The van der Waals surface area contributed by atoms with Crippen LogP contribution in [-0.4, -0.2) is 61.1 Å². The fraction of sp³-hybridized carbons (Fsp3) is 0.300. The van der Waals surface area contributed by atoms with Crippen LogP contribution in [0, 0.1) is 0 Å². The maximum absolute atomic E-state index is 13.4. The quantitative estimate of drug-likeness (QED) is 0.196. The van der Waals surface area contributed by atoms with Gasteiger partial charge < -0.3 is 44.1 Å². The molecule has 4 N–H and O–H groups in total. The van der Waals surface area contributed by atoms with Gasteiger partial charge in [-0.3, -0.25) is 9.59 Å². The number of hydrogen-bond donors (Lipinski definition) is 4. The number of carbonyl (C=O) groups is 2. The SMILES string of the molecule is CCOC(=O)c1c[nH]c(=O)c([C@@H](CC(=O)NCCc2c[nH]c3ccccc23)c2cc(OC)c3c(c2OC)OCO3)c1O. The van der Waals surface area contributed by atoms with Gasteiger partial charge in [-0.2, -0.15) is 0 Å². The maximum atomic E-state index is 13.4. The molecule has 0 unspecified atom stereocenters. The molecule has 2 aromatic carbocycles. The van der Waals surface area contributed by atoms with Crippen LogP contribution in [0.15, 0.2) is 47.5 Å². The van der Waals surface area contributed by atoms with Gasteiger partial charge >= 0.3 is 5.97 Å². The monoisotopic (exact) mass is 577 g/mol. The van der Waals surface area contributed by atoms with Gasteiger partial charge in [-0.05, 0) is 31.0 Å². The lowest BCUT2D eigenvalue weighted by Crippen LogP contribution is -2.29. The van der Waals surface area contributed by atoms with Crippen LogP contribution < -0.4 is 29.8 Å². The molecule has 2 aromatic heterocycles. The minimum Gasteiger partial charge on any atom is -0.506 e. The number of methoxy groups -OCH3 is 2. The molecule has 0 fully saturated rings. The van der Waals surface area contributed by atoms with Crippen molar-refractivity contribution in [3.8, 4) is 28.7 Å². The molecule has 1 atom stereocenters. The molecule has 12 heteroatoms. The van der Waals surface area contributed by atoms with E-state index in [1.165, 1.54) is 14.2 Å². The number of amides is 1. The fourth-order valence-corrected chi connectivity index (χ4v) is 5.18. The predicted molar refractivity (Wildman–Crippen MR) is 152 cm³/mol. The Morgan fingerprint density at radius 2 is 1.88 bits per heavy atom. The minimum atomic E-state index is -1.09. The number of para-hydroxylation sites is 1. The number of pyridine rings is 1. The van der Waals surface area contributed by atoms with Gasteiger partial charge in [0.05, 0.1) is 26.4 Å². The number of aromatic nitrogens is 2. The minimum absolute atomic E-state index is 0.0577. The lowest BCUT2D eigenvalue weighted by Gasteiger charge is -2.23. The fourth-order valence-electron chi connectivity index (χ4n) is 5.18. The molecule has 12 nitrogen and oxygen atoms in total. The Balaban J connectivity index is 1.52. The predicted octanol–water partition coefficient (Wildman–Crippen LogP) is 3.37. The van der Waals surface area contributed by atoms with E-state index >= 15 is 0 Å². The average molecular weight is 578 g/mol. The summed E-state index contributed by atoms with van der Waals surface area (Å²) < 4.78 is 27.4. The van der Waals surface area contributed by atoms with Crippen molar-refractivity contribution < 1.29 is 38.4 Å². The van der Waals surface area contributed by atoms with Gasteiger partial charge in [-0.1, -0.05) is 18.2 Å². The summed E-state index contributed by atoms with van der Waals surface area (Å²) in [6, 6.07) is 9.43. The molecule has 3 heterocycles. The normalized spacial score (nSPS) is 12.6. The summed E-state index contributed by atoms with van der Waals surface area (Å²) in [7, 11) is 2.84. The first-order valence-corrected chi connectivity index (χ1v) is 13.4. The molecule has 220 valence electrons. The molecule has 1 aliphatic heterocycles. The average Bonchev–Trinajstić information content (AvgIpc) is 3.64. The number of carbonyl (C=O) groups excluding carboxylic acids is 2. The van der Waals surface area contributed by atoms with Crippen LogP contribution in [0.2, 0.25) is 0 Å². The van der Waals surface area contributed by atoms with Crippen molar-refractivity contribution in [2.75, 3.05) is 34.2 Å². The largest absolute Gasteiger partial charge is 0.506 e. The van der Waals surface area contributed by atoms with Gasteiger partial charge in [0.2, 0.25) is 24.2 Å². The molecule has 42 heavy (non-hydrogen) atoms. The Morgan fingerprint density at radius 1 is 1.10 bits per heavy atom. The lowest BCUT2D eigenvalue weighted by atomic mass is 9.86. The summed E-state index contributed by atoms with van der Waals surface area (Å²) in [4.78, 5) is 44.9. The number of benzene rings is 2. The van der Waals surface area contributed by atoms with Crippen LogP contribution in [-0.2, 0) is 16.0 Å². The summed E-state index contributed by atoms with van der Waals surface area (Å²) in [6.45, 7) is 1.91. The van der Waals surface area contributed by atoms with Crippen LogP contribution in [0.5, 0.6) is 28.7 Å². The van der Waals surface area contributed by atoms with Gasteiger partial charge in [0, 0.05) is 47.7 Å². The first kappa shape index (κ1) is 28.4. The summed E-state index contributed by atoms with van der Waals surface area (Å²) in [6.07, 6.45) is 3.26. The zero-order valence-electron chi connectivity index (χ0n) is 23.4. The Morgan fingerprint density at radius 3 is 2.64 bits per heavy atom. The lowest BCUT2D eigenvalue weighted by molar-refractivity contribution is -0.121. The van der Waals surface area contributed by atoms with E-state index in [1.54, 1.807) is 13.0 Å². The van der Waals surface area contributed by atoms with Crippen molar-refractivity contribution in [1.29, 1.82) is 0 Å². The van der Waals surface area contributed by atoms with Crippen LogP contribution in [0.4, 0.5) is 0 Å². The molecule has 0 spiro atoms. The van der Waals surface area contributed by atoms with E-state index in [9.17, 15) is 19.5 Å². The number of hydrogen-bond acceptors (Lipinski definition) is 9. The highest BCUT2D eigenvalue weighted by molar-refractivity contribution is 5.93. The Bertz CT molecular complexity index is 1690. The summed E-state index contributed by atoms with van der Waals surface area (Å²) in [5.41, 5.74) is 1.19. The number of H-pyrrole nitrogens is 2. The first-order valence-electron chi connectivity index (χ1n) is 13.4. The molecule has 1 aliphatic rings. The molecule has 5 rings (SSSR count). The van der Waals surface area contributed by atoms with Gasteiger partial charge in [0.1, 0.15) is 11.3 Å². The highest BCUT2D eigenvalue weighted by Gasteiger charge is 2.35. The molecule has 1 amide bonds. The van der Waals surface area contributed by atoms with E-state index in [2.05, 4.69) is 15.3 Å². The molecule has 0 saturated heterocycles. The highest BCUT2D eigenvalue weighted by atomic mass is 16.7. The van der Waals surface area contributed by atoms with Crippen molar-refractivity contribution >= 4 is 22.8 Å². The molecule has 0 saturated carbocycles. The number of rotatable bonds is 11. The highest BCUT2D eigenvalue weighted by Crippen LogP contribution is 2.53. The van der Waals surface area contributed by atoms with Crippen LogP contribution in [0.1, 0.15) is 46.3 Å². The van der Waals surface area contributed by atoms with E-state index in [1.807, 2.05) is 30.5 Å². The molecule has 0 radical (unpaired) electrons. The third kappa shape index (κ3) is 5.30. The van der Waals surface area contributed by atoms with Crippen molar-refractivity contribution in [3.63, 3.8) is 0 Å². The second kappa shape index (κ2) is 12.2. The van der Waals surface area contributed by atoms with Crippen LogP contribution >= 0.6 is 0 Å². The zero-order chi connectivity index (χ0) is 29.8. The molecular weight excluding hydrogens is 546 g/mol. The van der Waals surface area contributed by atoms with Gasteiger partial charge in [-0.25, -0.2) is 4.79 Å². The number of aromatic amines is 2. The summed E-state index contributed by atoms with van der Waals surface area (Å²) in [5, 5.41) is 15.2. The zero-order valence-corrected chi connectivity index (χ0v) is 23.4. The van der Waals surface area contributed by atoms with Gasteiger partial charge in [-0.15, -0.1) is 0 Å². The third-order valence-electron chi connectivity index (χ3n) is 7.12. The van der Waals surface area contributed by atoms with E-state index in [0.717, 1.165) is 22.7 Å². The Kier molecular flexibility index (Phi) is 8.23. The topological polar surface area (TPSA) is 161 Å². The summed E-state index contributed by atoms with van der Waals surface area (Å²) in [5.74, 6) is -1.92. The second-order valence-electron chi connectivity index (χ2n) is 9.50. The van der Waals surface area contributed by atoms with Crippen molar-refractivity contribution in [3.05, 3.63) is 75.3 Å². The van der Waals surface area contributed by atoms with E-state index < -0.39 is 29.1 Å². The number of ether oxygens (including phenoxy) is 5. The van der Waals surface area contributed by atoms with E-state index in [-0.39, 0.29) is 48.2 Å². The second-order valence-corrected chi connectivity index (χ2v) is 9.50. The number of aromatic hydroxyl groups is 1. The number of fused-ring (bicyclic) bond motifs is 2. The standard InChI is InChI=1S/C30H31N3O9/c1-4-40-30(37)20-14-33-29(36)24(25(20)35)18(19-11-22(38-2)27-28(26(19)39-3)42-15-41-27)12-23(34)31-10-9-16-13-32-21-8-6-5-7-17(16)21/h5-8,11,13-14,18,32H,4,9-10,12,15H2,1-3H3,(H,31,34)(H2,33,35,36)/t18-/m0/s1. The number of nitrogens with one attached hydrogen (secondary N) is 3. The molecule has 0 bridgehead atoms. The van der Waals surface area contributed by atoms with Gasteiger partial charge in [0.15, 0.2) is 11.5 Å².